The molecule has 2 heterocycles. The summed E-state index contributed by atoms with van der Waals surface area (Å²) in [5, 5.41) is 4.62. The lowest BCUT2D eigenvalue weighted by molar-refractivity contribution is 0.394. The van der Waals surface area contributed by atoms with Crippen molar-refractivity contribution in [1.82, 2.24) is 9.36 Å². The first-order valence-corrected chi connectivity index (χ1v) is 8.50. The topological polar surface area (TPSA) is 59.5 Å². The molecule has 0 bridgehead atoms. The molecule has 0 radical (unpaired) electrons. The van der Waals surface area contributed by atoms with Crippen LogP contribution < -0.4 is 19.7 Å². The molecular formula is C16H22N4O2S. The molecule has 1 saturated heterocycles. The number of aryl methyl sites for hydroxylation is 1. The maximum Gasteiger partial charge on any atom is 0.205 e. The standard InChI is InChI=1S/C16H22N4O2S/c1-11-17-16(23-19-11)20-6-4-12(5-7-20)18-13-8-14(21-2)10-15(9-13)22-3/h8-10,12,18H,4-7H2,1-3H3. The largest absolute Gasteiger partial charge is 0.497 e. The summed E-state index contributed by atoms with van der Waals surface area (Å²) in [6.45, 7) is 3.92. The smallest absolute Gasteiger partial charge is 0.205 e. The monoisotopic (exact) mass is 334 g/mol. The summed E-state index contributed by atoms with van der Waals surface area (Å²) in [6, 6.07) is 6.33. The van der Waals surface area contributed by atoms with Crippen LogP contribution in [0.4, 0.5) is 10.8 Å². The molecule has 1 aromatic heterocycles. The van der Waals surface area contributed by atoms with Crippen molar-refractivity contribution in [3.8, 4) is 11.5 Å². The minimum absolute atomic E-state index is 0.442. The van der Waals surface area contributed by atoms with Gasteiger partial charge in [-0.1, -0.05) is 0 Å². The average molecular weight is 334 g/mol. The Kier molecular flexibility index (Phi) is 4.85. The van der Waals surface area contributed by atoms with Crippen molar-refractivity contribution in [2.24, 2.45) is 0 Å². The number of hydrogen-bond donors (Lipinski definition) is 1. The van der Waals surface area contributed by atoms with Crippen molar-refractivity contribution in [1.29, 1.82) is 0 Å². The van der Waals surface area contributed by atoms with Gasteiger partial charge in [0.15, 0.2) is 0 Å². The molecule has 2 aromatic rings. The highest BCUT2D eigenvalue weighted by molar-refractivity contribution is 7.09. The van der Waals surface area contributed by atoms with Crippen LogP contribution in [0.25, 0.3) is 0 Å². The molecule has 0 atom stereocenters. The minimum atomic E-state index is 0.442. The van der Waals surface area contributed by atoms with Crippen molar-refractivity contribution >= 4 is 22.4 Å². The number of nitrogens with zero attached hydrogens (tertiary/aromatic N) is 3. The van der Waals surface area contributed by atoms with Crippen molar-refractivity contribution < 1.29 is 9.47 Å². The molecule has 124 valence electrons. The van der Waals surface area contributed by atoms with Gasteiger partial charge in [0, 0.05) is 54.6 Å². The highest BCUT2D eigenvalue weighted by atomic mass is 32.1. The fourth-order valence-corrected chi connectivity index (χ4v) is 3.48. The number of piperidine rings is 1. The van der Waals surface area contributed by atoms with E-state index >= 15 is 0 Å². The van der Waals surface area contributed by atoms with Gasteiger partial charge in [-0.15, -0.1) is 0 Å². The molecule has 1 fully saturated rings. The Labute approximate surface area is 140 Å². The highest BCUT2D eigenvalue weighted by Crippen LogP contribution is 2.28. The van der Waals surface area contributed by atoms with Crippen LogP contribution in [0, 0.1) is 6.92 Å². The molecule has 3 rings (SSSR count). The van der Waals surface area contributed by atoms with Gasteiger partial charge in [0.25, 0.3) is 0 Å². The summed E-state index contributed by atoms with van der Waals surface area (Å²) >= 11 is 1.48. The first-order valence-electron chi connectivity index (χ1n) is 7.73. The minimum Gasteiger partial charge on any atom is -0.497 e. The lowest BCUT2D eigenvalue weighted by Gasteiger charge is -2.32. The maximum atomic E-state index is 5.32. The molecule has 0 aliphatic carbocycles. The first-order chi connectivity index (χ1) is 11.2. The second-order valence-electron chi connectivity index (χ2n) is 5.63. The van der Waals surface area contributed by atoms with E-state index in [1.54, 1.807) is 14.2 Å². The maximum absolute atomic E-state index is 5.32. The van der Waals surface area contributed by atoms with Gasteiger partial charge in [-0.3, -0.25) is 0 Å². The second kappa shape index (κ2) is 7.04. The predicted molar refractivity (Wildman–Crippen MR) is 93.0 cm³/mol. The van der Waals surface area contributed by atoms with E-state index in [0.29, 0.717) is 6.04 Å². The molecule has 23 heavy (non-hydrogen) atoms. The Morgan fingerprint density at radius 3 is 2.30 bits per heavy atom. The molecule has 1 aromatic carbocycles. The van der Waals surface area contributed by atoms with Gasteiger partial charge >= 0.3 is 0 Å². The Morgan fingerprint density at radius 1 is 1.13 bits per heavy atom. The number of methoxy groups -OCH3 is 2. The summed E-state index contributed by atoms with van der Waals surface area (Å²) in [4.78, 5) is 6.78. The fraction of sp³-hybridized carbons (Fsp3) is 0.500. The molecule has 7 heteroatoms. The van der Waals surface area contributed by atoms with E-state index in [2.05, 4.69) is 19.6 Å². The van der Waals surface area contributed by atoms with Crippen molar-refractivity contribution in [3.63, 3.8) is 0 Å². The summed E-state index contributed by atoms with van der Waals surface area (Å²) < 4.78 is 14.9. The van der Waals surface area contributed by atoms with Crippen LogP contribution in [0.2, 0.25) is 0 Å². The number of rotatable bonds is 5. The summed E-state index contributed by atoms with van der Waals surface area (Å²) in [6.07, 6.45) is 2.14. The number of benzene rings is 1. The highest BCUT2D eigenvalue weighted by Gasteiger charge is 2.21. The van der Waals surface area contributed by atoms with Gasteiger partial charge in [-0.2, -0.15) is 4.37 Å². The molecule has 1 N–H and O–H groups in total. The van der Waals surface area contributed by atoms with Gasteiger partial charge < -0.3 is 19.7 Å². The fourth-order valence-electron chi connectivity index (χ4n) is 2.76. The number of anilines is 2. The molecule has 0 amide bonds. The third kappa shape index (κ3) is 3.85. The SMILES string of the molecule is COc1cc(NC2CCN(c3nc(C)ns3)CC2)cc(OC)c1. The van der Waals surface area contributed by atoms with E-state index in [9.17, 15) is 0 Å². The zero-order valence-electron chi connectivity index (χ0n) is 13.7. The molecule has 1 aliphatic heterocycles. The Hall–Kier alpha value is -2.02. The summed E-state index contributed by atoms with van der Waals surface area (Å²) in [5.74, 6) is 2.45. The van der Waals surface area contributed by atoms with E-state index in [-0.39, 0.29) is 0 Å². The van der Waals surface area contributed by atoms with Crippen LogP contribution in [-0.4, -0.2) is 42.7 Å². The van der Waals surface area contributed by atoms with Crippen molar-refractivity contribution in [3.05, 3.63) is 24.0 Å². The number of hydrogen-bond acceptors (Lipinski definition) is 7. The van der Waals surface area contributed by atoms with Crippen molar-refractivity contribution in [2.45, 2.75) is 25.8 Å². The predicted octanol–water partition coefficient (Wildman–Crippen LogP) is 2.94. The zero-order chi connectivity index (χ0) is 16.2. The van der Waals surface area contributed by atoms with Crippen LogP contribution in [-0.2, 0) is 0 Å². The quantitative estimate of drug-likeness (QED) is 0.907. The molecule has 0 unspecified atom stereocenters. The van der Waals surface area contributed by atoms with E-state index in [4.69, 9.17) is 9.47 Å². The van der Waals surface area contributed by atoms with E-state index < -0.39 is 0 Å². The Bertz CT molecular complexity index is 631. The van der Waals surface area contributed by atoms with Crippen LogP contribution in [0.5, 0.6) is 11.5 Å². The van der Waals surface area contributed by atoms with Gasteiger partial charge in [0.05, 0.1) is 14.2 Å². The molecule has 0 spiro atoms. The lowest BCUT2D eigenvalue weighted by Crippen LogP contribution is -2.39. The summed E-state index contributed by atoms with van der Waals surface area (Å²) in [5.41, 5.74) is 1.03. The summed E-state index contributed by atoms with van der Waals surface area (Å²) in [7, 11) is 3.34. The van der Waals surface area contributed by atoms with E-state index in [1.807, 2.05) is 25.1 Å². The molecule has 1 aliphatic rings. The Morgan fingerprint density at radius 2 is 1.78 bits per heavy atom. The molecule has 0 saturated carbocycles. The van der Waals surface area contributed by atoms with Gasteiger partial charge in [-0.05, 0) is 19.8 Å². The van der Waals surface area contributed by atoms with Crippen LogP contribution in [0.3, 0.4) is 0 Å². The van der Waals surface area contributed by atoms with E-state index in [0.717, 1.165) is 54.1 Å². The average Bonchev–Trinajstić information content (AvgIpc) is 3.01. The van der Waals surface area contributed by atoms with Gasteiger partial charge in [0.1, 0.15) is 17.3 Å². The normalized spacial score (nSPS) is 15.5. The molecular weight excluding hydrogens is 312 g/mol. The number of aromatic nitrogens is 2. The number of ether oxygens (including phenoxy) is 2. The van der Waals surface area contributed by atoms with Crippen LogP contribution >= 0.6 is 11.5 Å². The van der Waals surface area contributed by atoms with Crippen LogP contribution in [0.1, 0.15) is 18.7 Å². The molecule has 6 nitrogen and oxygen atoms in total. The first kappa shape index (κ1) is 15.9. The number of nitrogens with one attached hydrogen (secondary N) is 1. The third-order valence-corrected chi connectivity index (χ3v) is 4.87. The lowest BCUT2D eigenvalue weighted by atomic mass is 10.0. The zero-order valence-corrected chi connectivity index (χ0v) is 14.5. The second-order valence-corrected chi connectivity index (χ2v) is 6.36. The van der Waals surface area contributed by atoms with Gasteiger partial charge in [0.2, 0.25) is 5.13 Å². The third-order valence-electron chi connectivity index (χ3n) is 4.00. The van der Waals surface area contributed by atoms with Crippen LogP contribution in [0.15, 0.2) is 18.2 Å². The Balaban J connectivity index is 1.60. The van der Waals surface area contributed by atoms with Crippen molar-refractivity contribution in [2.75, 3.05) is 37.5 Å². The van der Waals surface area contributed by atoms with Gasteiger partial charge in [-0.25, -0.2) is 4.98 Å². The van der Waals surface area contributed by atoms with E-state index in [1.165, 1.54) is 11.5 Å².